The van der Waals surface area contributed by atoms with Crippen LogP contribution in [-0.4, -0.2) is 36.5 Å². The molecule has 1 atom stereocenters. The van der Waals surface area contributed by atoms with Crippen LogP contribution in [0, 0.1) is 17.8 Å². The number of carbonyl (C=O) groups excluding carboxylic acids is 1. The Kier molecular flexibility index (Phi) is 7.96. The molecule has 2 aromatic rings. The molecule has 0 unspecified atom stereocenters. The minimum Gasteiger partial charge on any atom is -0.346 e. The fourth-order valence-electron chi connectivity index (χ4n) is 5.63. The second kappa shape index (κ2) is 10.8. The third kappa shape index (κ3) is 5.95. The quantitative estimate of drug-likeness (QED) is 0.546. The van der Waals surface area contributed by atoms with Crippen LogP contribution in [0.1, 0.15) is 86.6 Å². The second-order valence-corrected chi connectivity index (χ2v) is 13.0. The highest BCUT2D eigenvalue weighted by Crippen LogP contribution is 2.41. The fourth-order valence-corrected chi connectivity index (χ4v) is 6.45. The second-order valence-electron chi connectivity index (χ2n) is 10.7. The SMILES string of the molecule is CCS(=O)(=O)c1ccc(CNC(=O)c2ccc3c(c2)CN(CC2CCC(C)CC2)[C@H]3C(C)C)nc1. The van der Waals surface area contributed by atoms with Gasteiger partial charge in [0, 0.05) is 30.9 Å². The lowest BCUT2D eigenvalue weighted by Gasteiger charge is -2.34. The molecular formula is C28H39N3O3S. The fraction of sp³-hybridized carbons (Fsp3) is 0.571. The first-order valence-electron chi connectivity index (χ1n) is 13.0. The normalized spacial score (nSPS) is 22.8. The molecule has 0 radical (unpaired) electrons. The molecule has 35 heavy (non-hydrogen) atoms. The van der Waals surface area contributed by atoms with Gasteiger partial charge in [0.15, 0.2) is 9.84 Å². The summed E-state index contributed by atoms with van der Waals surface area (Å²) < 4.78 is 23.9. The van der Waals surface area contributed by atoms with Gasteiger partial charge in [0.1, 0.15) is 0 Å². The molecule has 2 heterocycles. The van der Waals surface area contributed by atoms with Crippen molar-refractivity contribution in [3.05, 3.63) is 58.9 Å². The van der Waals surface area contributed by atoms with E-state index in [1.807, 2.05) is 12.1 Å². The number of hydrogen-bond acceptors (Lipinski definition) is 5. The molecule has 4 rings (SSSR count). The Morgan fingerprint density at radius 1 is 1.14 bits per heavy atom. The lowest BCUT2D eigenvalue weighted by molar-refractivity contribution is 0.0950. The van der Waals surface area contributed by atoms with Gasteiger partial charge in [-0.1, -0.05) is 46.6 Å². The minimum atomic E-state index is -3.28. The van der Waals surface area contributed by atoms with Crippen molar-refractivity contribution in [2.75, 3.05) is 12.3 Å². The molecule has 1 saturated carbocycles. The summed E-state index contributed by atoms with van der Waals surface area (Å²) in [7, 11) is -3.28. The summed E-state index contributed by atoms with van der Waals surface area (Å²) >= 11 is 0. The number of rotatable bonds is 8. The van der Waals surface area contributed by atoms with Crippen molar-refractivity contribution in [2.24, 2.45) is 17.8 Å². The maximum atomic E-state index is 12.9. The van der Waals surface area contributed by atoms with Crippen molar-refractivity contribution in [1.29, 1.82) is 0 Å². The highest BCUT2D eigenvalue weighted by atomic mass is 32.2. The van der Waals surface area contributed by atoms with Crippen LogP contribution < -0.4 is 5.32 Å². The summed E-state index contributed by atoms with van der Waals surface area (Å²) in [4.78, 5) is 19.9. The van der Waals surface area contributed by atoms with Crippen molar-refractivity contribution in [2.45, 2.75) is 77.4 Å². The Hall–Kier alpha value is -2.25. The van der Waals surface area contributed by atoms with Crippen LogP contribution in [0.15, 0.2) is 41.4 Å². The van der Waals surface area contributed by atoms with Gasteiger partial charge in [-0.2, -0.15) is 0 Å². The molecule has 1 aliphatic carbocycles. The Labute approximate surface area is 210 Å². The highest BCUT2D eigenvalue weighted by molar-refractivity contribution is 7.91. The van der Waals surface area contributed by atoms with Crippen LogP contribution in [0.5, 0.6) is 0 Å². The molecule has 0 bridgehead atoms. The number of amides is 1. The first-order chi connectivity index (χ1) is 16.7. The lowest BCUT2D eigenvalue weighted by atomic mass is 9.82. The van der Waals surface area contributed by atoms with Gasteiger partial charge >= 0.3 is 0 Å². The van der Waals surface area contributed by atoms with E-state index >= 15 is 0 Å². The summed E-state index contributed by atoms with van der Waals surface area (Å²) in [5.41, 5.74) is 3.90. The molecule has 7 heteroatoms. The van der Waals surface area contributed by atoms with Crippen LogP contribution >= 0.6 is 0 Å². The van der Waals surface area contributed by atoms with Gasteiger partial charge in [-0.25, -0.2) is 8.42 Å². The van der Waals surface area contributed by atoms with E-state index in [4.69, 9.17) is 0 Å². The van der Waals surface area contributed by atoms with Gasteiger partial charge in [0.25, 0.3) is 5.91 Å². The molecule has 1 N–H and O–H groups in total. The Balaban J connectivity index is 1.40. The van der Waals surface area contributed by atoms with Crippen LogP contribution in [-0.2, 0) is 22.9 Å². The number of sulfone groups is 1. The van der Waals surface area contributed by atoms with Crippen LogP contribution in [0.2, 0.25) is 0 Å². The largest absolute Gasteiger partial charge is 0.346 e. The lowest BCUT2D eigenvalue weighted by Crippen LogP contribution is -2.32. The number of carbonyl (C=O) groups is 1. The number of fused-ring (bicyclic) bond motifs is 1. The molecule has 1 aliphatic heterocycles. The minimum absolute atomic E-state index is 0.0397. The summed E-state index contributed by atoms with van der Waals surface area (Å²) in [6.45, 7) is 10.9. The van der Waals surface area contributed by atoms with Crippen molar-refractivity contribution in [3.8, 4) is 0 Å². The van der Waals surface area contributed by atoms with Gasteiger partial charge in [-0.3, -0.25) is 14.7 Å². The first kappa shape index (κ1) is 25.8. The molecule has 2 aliphatic rings. The molecule has 0 spiro atoms. The third-order valence-electron chi connectivity index (χ3n) is 7.72. The number of nitrogens with zero attached hydrogens (tertiary/aromatic N) is 2. The monoisotopic (exact) mass is 497 g/mol. The molecule has 1 amide bonds. The summed E-state index contributed by atoms with van der Waals surface area (Å²) in [5, 5.41) is 2.93. The summed E-state index contributed by atoms with van der Waals surface area (Å²) in [5.74, 6) is 2.06. The van der Waals surface area contributed by atoms with E-state index in [-0.39, 0.29) is 23.1 Å². The molecule has 1 aromatic carbocycles. The van der Waals surface area contributed by atoms with E-state index < -0.39 is 9.84 Å². The van der Waals surface area contributed by atoms with Crippen LogP contribution in [0.3, 0.4) is 0 Å². The molecule has 6 nitrogen and oxygen atoms in total. The molecule has 1 aromatic heterocycles. The van der Waals surface area contributed by atoms with Crippen molar-refractivity contribution < 1.29 is 13.2 Å². The third-order valence-corrected chi connectivity index (χ3v) is 9.44. The van der Waals surface area contributed by atoms with Gasteiger partial charge in [-0.15, -0.1) is 0 Å². The highest BCUT2D eigenvalue weighted by Gasteiger charge is 2.34. The van der Waals surface area contributed by atoms with E-state index in [0.29, 0.717) is 23.2 Å². The maximum Gasteiger partial charge on any atom is 0.251 e. The predicted octanol–water partition coefficient (Wildman–Crippen LogP) is 5.14. The average molecular weight is 498 g/mol. The zero-order valence-electron chi connectivity index (χ0n) is 21.5. The van der Waals surface area contributed by atoms with Crippen molar-refractivity contribution in [3.63, 3.8) is 0 Å². The van der Waals surface area contributed by atoms with E-state index in [1.54, 1.807) is 19.1 Å². The Morgan fingerprint density at radius 3 is 2.51 bits per heavy atom. The molecular weight excluding hydrogens is 458 g/mol. The Bertz CT molecular complexity index is 1140. The zero-order valence-corrected chi connectivity index (χ0v) is 22.3. The van der Waals surface area contributed by atoms with Gasteiger partial charge in [0.2, 0.25) is 0 Å². The number of pyridine rings is 1. The number of benzene rings is 1. The van der Waals surface area contributed by atoms with Gasteiger partial charge in [0.05, 0.1) is 22.9 Å². The van der Waals surface area contributed by atoms with E-state index in [9.17, 15) is 13.2 Å². The molecule has 190 valence electrons. The van der Waals surface area contributed by atoms with Crippen LogP contribution in [0.4, 0.5) is 0 Å². The Morgan fingerprint density at radius 2 is 1.89 bits per heavy atom. The standard InChI is InChI=1S/C28H39N3O3S/c1-5-35(33,34)25-12-11-24(29-16-25)15-30-28(32)22-10-13-26-23(14-22)18-31(27(26)19(2)3)17-21-8-6-20(4)7-9-21/h10-14,16,19-21,27H,5-9,15,17-18H2,1-4H3,(H,30,32)/t20?,21?,27-/m0/s1. The maximum absolute atomic E-state index is 12.9. The van der Waals surface area contributed by atoms with E-state index in [0.717, 1.165) is 24.9 Å². The van der Waals surface area contributed by atoms with Crippen molar-refractivity contribution in [1.82, 2.24) is 15.2 Å². The number of nitrogens with one attached hydrogen (secondary N) is 1. The molecule has 1 fully saturated rings. The van der Waals surface area contributed by atoms with E-state index in [2.05, 4.69) is 42.0 Å². The van der Waals surface area contributed by atoms with E-state index in [1.165, 1.54) is 43.0 Å². The smallest absolute Gasteiger partial charge is 0.251 e. The number of hydrogen-bond donors (Lipinski definition) is 1. The number of aromatic nitrogens is 1. The molecule has 0 saturated heterocycles. The summed E-state index contributed by atoms with van der Waals surface area (Å²) in [6, 6.07) is 9.73. The summed E-state index contributed by atoms with van der Waals surface area (Å²) in [6.07, 6.45) is 6.70. The zero-order chi connectivity index (χ0) is 25.2. The average Bonchev–Trinajstić information content (AvgIpc) is 3.21. The topological polar surface area (TPSA) is 79.4 Å². The van der Waals surface area contributed by atoms with Crippen LogP contribution in [0.25, 0.3) is 0 Å². The predicted molar refractivity (Wildman–Crippen MR) is 139 cm³/mol. The van der Waals surface area contributed by atoms with Crippen molar-refractivity contribution >= 4 is 15.7 Å². The van der Waals surface area contributed by atoms with Gasteiger partial charge < -0.3 is 5.32 Å². The first-order valence-corrected chi connectivity index (χ1v) is 14.7. The van der Waals surface area contributed by atoms with Gasteiger partial charge in [-0.05, 0) is 66.0 Å².